The molecule has 6 heteroatoms. The van der Waals surface area contributed by atoms with Crippen LogP contribution in [-0.4, -0.2) is 13.0 Å². The Morgan fingerprint density at radius 1 is 1.00 bits per heavy atom. The molecule has 4 rings (SSSR count). The summed E-state index contributed by atoms with van der Waals surface area (Å²) in [5.74, 6) is 0.227. The molecule has 1 N–H and O–H groups in total. The maximum absolute atomic E-state index is 13.1. The molecular weight excluding hydrogens is 373 g/mol. The summed E-state index contributed by atoms with van der Waals surface area (Å²) in [5, 5.41) is 3.10. The first-order valence-electron chi connectivity index (χ1n) is 8.83. The minimum atomic E-state index is -0.367. The Kier molecular flexibility index (Phi) is 4.83. The lowest BCUT2D eigenvalue weighted by Crippen LogP contribution is -2.12. The van der Waals surface area contributed by atoms with E-state index in [4.69, 9.17) is 9.15 Å². The van der Waals surface area contributed by atoms with Crippen LogP contribution in [0.2, 0.25) is 0 Å². The van der Waals surface area contributed by atoms with E-state index in [1.165, 1.54) is 25.3 Å². The molecule has 0 bridgehead atoms. The van der Waals surface area contributed by atoms with E-state index in [2.05, 4.69) is 5.32 Å². The number of methoxy groups -OCH3 is 1. The second kappa shape index (κ2) is 7.59. The first-order valence-corrected chi connectivity index (χ1v) is 8.83. The number of hydrogen-bond donors (Lipinski definition) is 1. The number of benzene rings is 3. The molecule has 0 atom stereocenters. The van der Waals surface area contributed by atoms with Crippen LogP contribution in [0.25, 0.3) is 22.3 Å². The highest BCUT2D eigenvalue weighted by molar-refractivity contribution is 6.05. The number of fused-ring (bicyclic) bond motifs is 1. The molecule has 1 heterocycles. The van der Waals surface area contributed by atoms with E-state index >= 15 is 0 Å². The van der Waals surface area contributed by atoms with E-state index in [0.717, 1.165) is 0 Å². The van der Waals surface area contributed by atoms with Gasteiger partial charge in [-0.05, 0) is 60.7 Å². The molecule has 29 heavy (non-hydrogen) atoms. The Hall–Kier alpha value is -3.93. The fourth-order valence-electron chi connectivity index (χ4n) is 2.96. The largest absolute Gasteiger partial charge is 0.497 e. The molecule has 1 aromatic heterocycles. The minimum absolute atomic E-state index is 0.261. The smallest absolute Gasteiger partial charge is 0.255 e. The van der Waals surface area contributed by atoms with Crippen molar-refractivity contribution in [2.45, 2.75) is 0 Å². The fourth-order valence-corrected chi connectivity index (χ4v) is 2.96. The highest BCUT2D eigenvalue weighted by Gasteiger charge is 2.11. The second-order valence-electron chi connectivity index (χ2n) is 6.38. The average molecular weight is 389 g/mol. The zero-order valence-electron chi connectivity index (χ0n) is 15.4. The van der Waals surface area contributed by atoms with Gasteiger partial charge in [0.25, 0.3) is 5.91 Å². The van der Waals surface area contributed by atoms with Gasteiger partial charge >= 0.3 is 0 Å². The van der Waals surface area contributed by atoms with Crippen molar-refractivity contribution in [2.24, 2.45) is 0 Å². The number of carbonyl (C=O) groups is 1. The first-order chi connectivity index (χ1) is 14.0. The summed E-state index contributed by atoms with van der Waals surface area (Å²) >= 11 is 0. The van der Waals surface area contributed by atoms with Crippen LogP contribution in [0.4, 0.5) is 10.1 Å². The number of halogens is 1. The van der Waals surface area contributed by atoms with Gasteiger partial charge in [-0.2, -0.15) is 0 Å². The Morgan fingerprint density at radius 2 is 1.79 bits per heavy atom. The molecule has 1 amide bonds. The van der Waals surface area contributed by atoms with Gasteiger partial charge in [-0.25, -0.2) is 4.39 Å². The van der Waals surface area contributed by atoms with Crippen molar-refractivity contribution in [2.75, 3.05) is 12.4 Å². The lowest BCUT2D eigenvalue weighted by molar-refractivity contribution is 0.102. The summed E-state index contributed by atoms with van der Waals surface area (Å²) in [6.07, 6.45) is 0. The van der Waals surface area contributed by atoms with E-state index in [1.807, 2.05) is 0 Å². The van der Waals surface area contributed by atoms with Crippen molar-refractivity contribution in [3.05, 3.63) is 94.4 Å². The Bertz CT molecular complexity index is 1260. The van der Waals surface area contributed by atoms with Gasteiger partial charge in [0.05, 0.1) is 12.5 Å². The van der Waals surface area contributed by atoms with Gasteiger partial charge in [-0.3, -0.25) is 9.59 Å². The van der Waals surface area contributed by atoms with Crippen molar-refractivity contribution in [3.8, 4) is 17.1 Å². The third-order valence-electron chi connectivity index (χ3n) is 4.45. The number of hydrogen-bond acceptors (Lipinski definition) is 4. The third kappa shape index (κ3) is 3.87. The van der Waals surface area contributed by atoms with E-state index in [9.17, 15) is 14.0 Å². The molecule has 0 aliphatic rings. The number of amides is 1. The van der Waals surface area contributed by atoms with Gasteiger partial charge < -0.3 is 14.5 Å². The Balaban J connectivity index is 1.65. The van der Waals surface area contributed by atoms with Gasteiger partial charge in [0.15, 0.2) is 5.43 Å². The molecular formula is C23H16FNO4. The highest BCUT2D eigenvalue weighted by atomic mass is 19.1. The van der Waals surface area contributed by atoms with Gasteiger partial charge in [0, 0.05) is 22.9 Å². The lowest BCUT2D eigenvalue weighted by Gasteiger charge is -2.08. The molecule has 4 aromatic rings. The zero-order valence-corrected chi connectivity index (χ0v) is 15.4. The summed E-state index contributed by atoms with van der Waals surface area (Å²) in [7, 11) is 1.53. The molecule has 3 aromatic carbocycles. The van der Waals surface area contributed by atoms with Crippen molar-refractivity contribution in [1.82, 2.24) is 0 Å². The molecule has 0 saturated carbocycles. The molecule has 0 spiro atoms. The molecule has 144 valence electrons. The molecule has 0 aliphatic carbocycles. The van der Waals surface area contributed by atoms with Gasteiger partial charge in [0.2, 0.25) is 0 Å². The summed E-state index contributed by atoms with van der Waals surface area (Å²) in [4.78, 5) is 25.0. The number of carbonyl (C=O) groups excluding carboxylic acids is 1. The van der Waals surface area contributed by atoms with Gasteiger partial charge in [0.1, 0.15) is 22.9 Å². The number of nitrogens with one attached hydrogen (secondary N) is 1. The van der Waals surface area contributed by atoms with E-state index in [-0.39, 0.29) is 17.2 Å². The van der Waals surface area contributed by atoms with Crippen LogP contribution in [0.15, 0.2) is 82.0 Å². The van der Waals surface area contributed by atoms with Gasteiger partial charge in [-0.1, -0.05) is 6.07 Å². The molecule has 0 saturated heterocycles. The minimum Gasteiger partial charge on any atom is -0.497 e. The van der Waals surface area contributed by atoms with Crippen LogP contribution in [0.1, 0.15) is 10.4 Å². The van der Waals surface area contributed by atoms with Crippen molar-refractivity contribution >= 4 is 22.6 Å². The van der Waals surface area contributed by atoms with Crippen molar-refractivity contribution in [1.29, 1.82) is 0 Å². The van der Waals surface area contributed by atoms with Crippen LogP contribution < -0.4 is 15.5 Å². The molecule has 0 fully saturated rings. The van der Waals surface area contributed by atoms with E-state index in [1.54, 1.807) is 54.6 Å². The first kappa shape index (κ1) is 18.4. The van der Waals surface area contributed by atoms with Crippen LogP contribution >= 0.6 is 0 Å². The quantitative estimate of drug-likeness (QED) is 0.541. The average Bonchev–Trinajstić information content (AvgIpc) is 2.74. The van der Waals surface area contributed by atoms with Gasteiger partial charge in [-0.15, -0.1) is 0 Å². The maximum Gasteiger partial charge on any atom is 0.255 e. The number of rotatable bonds is 4. The predicted octanol–water partition coefficient (Wildman–Crippen LogP) is 4.86. The monoisotopic (exact) mass is 389 g/mol. The molecule has 0 radical (unpaired) electrons. The Morgan fingerprint density at radius 3 is 2.55 bits per heavy atom. The third-order valence-corrected chi connectivity index (χ3v) is 4.45. The van der Waals surface area contributed by atoms with Crippen molar-refractivity contribution in [3.63, 3.8) is 0 Å². The summed E-state index contributed by atoms with van der Waals surface area (Å²) < 4.78 is 24.0. The summed E-state index contributed by atoms with van der Waals surface area (Å²) in [6.45, 7) is 0. The van der Waals surface area contributed by atoms with E-state index in [0.29, 0.717) is 39.3 Å². The second-order valence-corrected chi connectivity index (χ2v) is 6.38. The molecule has 0 aliphatic heterocycles. The zero-order chi connectivity index (χ0) is 20.4. The van der Waals surface area contributed by atoms with Crippen LogP contribution in [0.5, 0.6) is 5.75 Å². The summed E-state index contributed by atoms with van der Waals surface area (Å²) in [6, 6.07) is 18.6. The predicted molar refractivity (Wildman–Crippen MR) is 109 cm³/mol. The SMILES string of the molecule is COc1cccc(C(=O)Nc2ccc3oc(-c4ccc(F)cc4)cc(=O)c3c2)c1. The summed E-state index contributed by atoms with van der Waals surface area (Å²) in [5.41, 5.74) is 1.61. The van der Waals surface area contributed by atoms with E-state index < -0.39 is 0 Å². The van der Waals surface area contributed by atoms with Crippen LogP contribution in [-0.2, 0) is 0 Å². The van der Waals surface area contributed by atoms with Crippen LogP contribution in [0.3, 0.4) is 0 Å². The normalized spacial score (nSPS) is 10.7. The topological polar surface area (TPSA) is 68.5 Å². The number of ether oxygens (including phenoxy) is 1. The molecule has 5 nitrogen and oxygen atoms in total. The highest BCUT2D eigenvalue weighted by Crippen LogP contribution is 2.24. The van der Waals surface area contributed by atoms with Crippen LogP contribution in [0, 0.1) is 5.82 Å². The Labute approximate surface area is 165 Å². The standard InChI is InChI=1S/C23H16FNO4/c1-28-18-4-2-3-15(11-18)23(27)25-17-9-10-21-19(12-17)20(26)13-22(29-21)14-5-7-16(24)8-6-14/h2-13H,1H3,(H,25,27). The molecule has 0 unspecified atom stereocenters. The maximum atomic E-state index is 13.1. The van der Waals surface area contributed by atoms with Crippen molar-refractivity contribution < 1.29 is 18.3 Å². The number of anilines is 1. The fraction of sp³-hybridized carbons (Fsp3) is 0.0435. The lowest BCUT2D eigenvalue weighted by atomic mass is 10.1.